The van der Waals surface area contributed by atoms with Crippen LogP contribution in [0.5, 0.6) is 0 Å². The van der Waals surface area contributed by atoms with Crippen molar-refractivity contribution >= 4 is 29.5 Å². The highest BCUT2D eigenvalue weighted by atomic mass is 16.5. The number of benzene rings is 1. The number of esters is 1. The zero-order valence-electron chi connectivity index (χ0n) is 14.7. The van der Waals surface area contributed by atoms with Crippen LogP contribution in [-0.2, 0) is 14.3 Å². The van der Waals surface area contributed by atoms with Crippen molar-refractivity contribution in [1.82, 2.24) is 10.6 Å². The number of anilines is 1. The number of urea groups is 1. The van der Waals surface area contributed by atoms with E-state index in [-0.39, 0.29) is 11.5 Å². The Morgan fingerprint density at radius 1 is 1.19 bits per heavy atom. The summed E-state index contributed by atoms with van der Waals surface area (Å²) in [5, 5.41) is 4.61. The van der Waals surface area contributed by atoms with Crippen molar-refractivity contribution in [3.8, 4) is 0 Å². The first-order valence-corrected chi connectivity index (χ1v) is 8.66. The van der Waals surface area contributed by atoms with Crippen LogP contribution >= 0.6 is 0 Å². The summed E-state index contributed by atoms with van der Waals surface area (Å²) in [4.78, 5) is 48.3. The summed E-state index contributed by atoms with van der Waals surface area (Å²) >= 11 is 0. The molecule has 1 aromatic rings. The van der Waals surface area contributed by atoms with Crippen LogP contribution in [0, 0.1) is 0 Å². The molecule has 0 radical (unpaired) electrons. The summed E-state index contributed by atoms with van der Waals surface area (Å²) in [6, 6.07) is 5.80. The molecule has 1 aliphatic rings. The fourth-order valence-electron chi connectivity index (χ4n) is 2.50. The first kappa shape index (κ1) is 19.4. The van der Waals surface area contributed by atoms with Crippen molar-refractivity contribution in [3.63, 3.8) is 0 Å². The predicted molar refractivity (Wildman–Crippen MR) is 94.8 cm³/mol. The van der Waals surface area contributed by atoms with Gasteiger partial charge in [-0.3, -0.25) is 14.9 Å². The standard InChI is InChI=1S/C18H23N3O5/c1-2-3-10-19-18(25)20-15(22)12-26-17(24)13-6-8-14(9-7-13)21-11-4-5-16(21)23/h6-9H,2-5,10-12H2,1H3,(H2,19,20,22,25). The highest BCUT2D eigenvalue weighted by Gasteiger charge is 2.22. The SMILES string of the molecule is CCCCNC(=O)NC(=O)COC(=O)c1ccc(N2CCCC2=O)cc1. The van der Waals surface area contributed by atoms with Crippen LogP contribution in [0.25, 0.3) is 0 Å². The maximum absolute atomic E-state index is 12.0. The molecule has 1 fully saturated rings. The summed E-state index contributed by atoms with van der Waals surface area (Å²) in [6.45, 7) is 2.58. The quantitative estimate of drug-likeness (QED) is 0.567. The smallest absolute Gasteiger partial charge is 0.338 e. The zero-order chi connectivity index (χ0) is 18.9. The van der Waals surface area contributed by atoms with E-state index in [2.05, 4.69) is 10.6 Å². The minimum absolute atomic E-state index is 0.0641. The van der Waals surface area contributed by atoms with Crippen LogP contribution in [0.3, 0.4) is 0 Å². The second-order valence-corrected chi connectivity index (χ2v) is 5.93. The Bertz CT molecular complexity index is 672. The summed E-state index contributed by atoms with van der Waals surface area (Å²) in [5.74, 6) is -1.31. The molecule has 0 bridgehead atoms. The molecule has 4 amide bonds. The molecule has 0 unspecified atom stereocenters. The van der Waals surface area contributed by atoms with Crippen molar-refractivity contribution < 1.29 is 23.9 Å². The number of ether oxygens (including phenoxy) is 1. The Balaban J connectivity index is 1.77. The second kappa shape index (κ2) is 9.55. The van der Waals surface area contributed by atoms with Gasteiger partial charge in [0.25, 0.3) is 5.91 Å². The van der Waals surface area contributed by atoms with Gasteiger partial charge in [-0.25, -0.2) is 9.59 Å². The number of nitrogens with zero attached hydrogens (tertiary/aromatic N) is 1. The van der Waals surface area contributed by atoms with Gasteiger partial charge in [0.15, 0.2) is 6.61 Å². The Hall–Kier alpha value is -2.90. The van der Waals surface area contributed by atoms with Gasteiger partial charge in [-0.2, -0.15) is 0 Å². The number of amides is 4. The van der Waals surface area contributed by atoms with E-state index in [4.69, 9.17) is 4.74 Å². The molecule has 1 heterocycles. The third-order valence-corrected chi connectivity index (χ3v) is 3.89. The van der Waals surface area contributed by atoms with E-state index in [0.29, 0.717) is 19.5 Å². The van der Waals surface area contributed by atoms with Gasteiger partial charge in [0.2, 0.25) is 5.91 Å². The van der Waals surface area contributed by atoms with Gasteiger partial charge >= 0.3 is 12.0 Å². The molecule has 0 saturated carbocycles. The van der Waals surface area contributed by atoms with Crippen LogP contribution < -0.4 is 15.5 Å². The molecule has 0 atom stereocenters. The number of hydrogen-bond donors (Lipinski definition) is 2. The normalized spacial score (nSPS) is 13.4. The molecule has 1 aromatic carbocycles. The summed E-state index contributed by atoms with van der Waals surface area (Å²) in [6.07, 6.45) is 3.10. The van der Waals surface area contributed by atoms with E-state index in [1.54, 1.807) is 29.2 Å². The number of carbonyl (C=O) groups excluding carboxylic acids is 4. The summed E-state index contributed by atoms with van der Waals surface area (Å²) in [5.41, 5.74) is 0.992. The minimum atomic E-state index is -0.702. The van der Waals surface area contributed by atoms with Gasteiger partial charge in [0.1, 0.15) is 0 Å². The number of unbranched alkanes of at least 4 members (excludes halogenated alkanes) is 1. The molecule has 0 spiro atoms. The third-order valence-electron chi connectivity index (χ3n) is 3.89. The summed E-state index contributed by atoms with van der Waals surface area (Å²) < 4.78 is 4.89. The maximum atomic E-state index is 12.0. The lowest BCUT2D eigenvalue weighted by atomic mass is 10.2. The molecule has 0 aliphatic carbocycles. The second-order valence-electron chi connectivity index (χ2n) is 5.93. The predicted octanol–water partition coefficient (Wildman–Crippen LogP) is 1.60. The van der Waals surface area contributed by atoms with Crippen molar-refractivity contribution in [1.29, 1.82) is 0 Å². The van der Waals surface area contributed by atoms with Crippen LogP contribution in [0.2, 0.25) is 0 Å². The van der Waals surface area contributed by atoms with E-state index in [1.165, 1.54) is 0 Å². The molecular formula is C18H23N3O5. The first-order valence-electron chi connectivity index (χ1n) is 8.66. The topological polar surface area (TPSA) is 105 Å². The largest absolute Gasteiger partial charge is 0.452 e. The Kier molecular flexibility index (Phi) is 7.13. The lowest BCUT2D eigenvalue weighted by Crippen LogP contribution is -2.41. The van der Waals surface area contributed by atoms with Gasteiger partial charge < -0.3 is 15.0 Å². The molecule has 1 saturated heterocycles. The van der Waals surface area contributed by atoms with E-state index < -0.39 is 24.5 Å². The molecule has 1 aliphatic heterocycles. The fourth-order valence-corrected chi connectivity index (χ4v) is 2.50. The number of carbonyl (C=O) groups is 4. The summed E-state index contributed by atoms with van der Waals surface area (Å²) in [7, 11) is 0. The highest BCUT2D eigenvalue weighted by molar-refractivity contribution is 5.98. The Morgan fingerprint density at radius 2 is 1.92 bits per heavy atom. The number of nitrogens with one attached hydrogen (secondary N) is 2. The molecule has 140 valence electrons. The Labute approximate surface area is 151 Å². The molecule has 2 N–H and O–H groups in total. The third kappa shape index (κ3) is 5.58. The Morgan fingerprint density at radius 3 is 2.54 bits per heavy atom. The monoisotopic (exact) mass is 361 g/mol. The average molecular weight is 361 g/mol. The van der Waals surface area contributed by atoms with E-state index in [0.717, 1.165) is 24.9 Å². The van der Waals surface area contributed by atoms with Crippen LogP contribution in [0.1, 0.15) is 43.0 Å². The highest BCUT2D eigenvalue weighted by Crippen LogP contribution is 2.21. The molecule has 8 nitrogen and oxygen atoms in total. The number of hydrogen-bond acceptors (Lipinski definition) is 5. The molecule has 8 heteroatoms. The van der Waals surface area contributed by atoms with Gasteiger partial charge in [-0.15, -0.1) is 0 Å². The molecule has 0 aromatic heterocycles. The molecule has 26 heavy (non-hydrogen) atoms. The minimum Gasteiger partial charge on any atom is -0.452 e. The fraction of sp³-hybridized carbons (Fsp3) is 0.444. The van der Waals surface area contributed by atoms with Crippen molar-refractivity contribution in [2.75, 3.05) is 24.6 Å². The first-order chi connectivity index (χ1) is 12.5. The lowest BCUT2D eigenvalue weighted by molar-refractivity contribution is -0.123. The van der Waals surface area contributed by atoms with E-state index in [1.807, 2.05) is 6.92 Å². The number of rotatable bonds is 7. The van der Waals surface area contributed by atoms with Gasteiger partial charge in [0, 0.05) is 25.2 Å². The molecule has 2 rings (SSSR count). The van der Waals surface area contributed by atoms with Crippen LogP contribution in [-0.4, -0.2) is 43.5 Å². The van der Waals surface area contributed by atoms with Crippen molar-refractivity contribution in [2.24, 2.45) is 0 Å². The van der Waals surface area contributed by atoms with Crippen molar-refractivity contribution in [2.45, 2.75) is 32.6 Å². The van der Waals surface area contributed by atoms with Gasteiger partial charge in [-0.05, 0) is 37.1 Å². The van der Waals surface area contributed by atoms with E-state index in [9.17, 15) is 19.2 Å². The lowest BCUT2D eigenvalue weighted by Gasteiger charge is -2.15. The zero-order valence-corrected chi connectivity index (χ0v) is 14.7. The van der Waals surface area contributed by atoms with E-state index >= 15 is 0 Å². The van der Waals surface area contributed by atoms with Gasteiger partial charge in [-0.1, -0.05) is 13.3 Å². The maximum Gasteiger partial charge on any atom is 0.338 e. The van der Waals surface area contributed by atoms with Crippen LogP contribution in [0.4, 0.5) is 10.5 Å². The molecular weight excluding hydrogens is 338 g/mol. The van der Waals surface area contributed by atoms with Crippen LogP contribution in [0.15, 0.2) is 24.3 Å². The van der Waals surface area contributed by atoms with Crippen molar-refractivity contribution in [3.05, 3.63) is 29.8 Å². The average Bonchev–Trinajstić information content (AvgIpc) is 3.06. The van der Waals surface area contributed by atoms with Gasteiger partial charge in [0.05, 0.1) is 5.56 Å². The number of imide groups is 1.